The Morgan fingerprint density at radius 2 is 2.28 bits per heavy atom. The van der Waals surface area contributed by atoms with E-state index in [-0.39, 0.29) is 5.91 Å². The summed E-state index contributed by atoms with van der Waals surface area (Å²) in [6, 6.07) is 3.71. The van der Waals surface area contributed by atoms with Crippen molar-refractivity contribution < 1.29 is 9.53 Å². The van der Waals surface area contributed by atoms with Gasteiger partial charge in [0.2, 0.25) is 0 Å². The number of carbonyl (C=O) groups excluding carboxylic acids is 1. The lowest BCUT2D eigenvalue weighted by molar-refractivity contribution is 0.0953. The Morgan fingerprint density at radius 3 is 3.00 bits per heavy atom. The first-order chi connectivity index (χ1) is 12.2. The van der Waals surface area contributed by atoms with E-state index in [1.807, 2.05) is 23.7 Å². The van der Waals surface area contributed by atoms with Gasteiger partial charge < -0.3 is 15.0 Å². The Bertz CT molecular complexity index is 712. The number of carbonyl (C=O) groups is 1. The summed E-state index contributed by atoms with van der Waals surface area (Å²) in [6.45, 7) is 5.58. The Morgan fingerprint density at radius 1 is 1.40 bits per heavy atom. The van der Waals surface area contributed by atoms with E-state index in [1.165, 1.54) is 5.69 Å². The van der Waals surface area contributed by atoms with Crippen LogP contribution in [0.2, 0.25) is 0 Å². The number of fused-ring (bicyclic) bond motifs is 1. The van der Waals surface area contributed by atoms with E-state index in [2.05, 4.69) is 25.5 Å². The summed E-state index contributed by atoms with van der Waals surface area (Å²) in [4.78, 5) is 18.6. The van der Waals surface area contributed by atoms with Gasteiger partial charge in [-0.15, -0.1) is 5.10 Å². The molecule has 0 bridgehead atoms. The third-order valence-electron chi connectivity index (χ3n) is 4.25. The smallest absolute Gasteiger partial charge is 0.252 e. The molecule has 2 aromatic heterocycles. The molecule has 8 heteroatoms. The van der Waals surface area contributed by atoms with E-state index in [9.17, 15) is 4.79 Å². The average molecular weight is 344 g/mol. The van der Waals surface area contributed by atoms with Gasteiger partial charge in [0.15, 0.2) is 0 Å². The van der Waals surface area contributed by atoms with Crippen LogP contribution in [0.4, 0.5) is 5.82 Å². The van der Waals surface area contributed by atoms with Crippen molar-refractivity contribution in [3.05, 3.63) is 35.3 Å². The van der Waals surface area contributed by atoms with Crippen LogP contribution < -0.4 is 10.2 Å². The largest absolute Gasteiger partial charge is 0.383 e. The first-order valence-electron chi connectivity index (χ1n) is 8.62. The van der Waals surface area contributed by atoms with Crippen molar-refractivity contribution in [2.24, 2.45) is 0 Å². The molecule has 0 atom stereocenters. The molecule has 1 aliphatic rings. The van der Waals surface area contributed by atoms with Crippen molar-refractivity contribution in [3.63, 3.8) is 0 Å². The molecule has 0 fully saturated rings. The first kappa shape index (κ1) is 17.3. The number of anilines is 1. The van der Waals surface area contributed by atoms with Crippen LogP contribution in [-0.2, 0) is 24.2 Å². The van der Waals surface area contributed by atoms with Crippen molar-refractivity contribution >= 4 is 11.7 Å². The molecule has 1 aliphatic heterocycles. The molecule has 3 heterocycles. The van der Waals surface area contributed by atoms with Crippen molar-refractivity contribution in [1.82, 2.24) is 25.3 Å². The maximum atomic E-state index is 11.9. The normalized spacial score (nSPS) is 13.6. The molecule has 0 saturated carbocycles. The average Bonchev–Trinajstić information content (AvgIpc) is 3.06. The van der Waals surface area contributed by atoms with Crippen LogP contribution in [0.3, 0.4) is 0 Å². The molecule has 0 unspecified atom stereocenters. The zero-order chi connectivity index (χ0) is 17.6. The number of ether oxygens (including phenoxy) is 1. The molecule has 0 spiro atoms. The third-order valence-corrected chi connectivity index (χ3v) is 4.25. The minimum atomic E-state index is -0.0806. The zero-order valence-corrected chi connectivity index (χ0v) is 14.7. The number of nitrogens with zero attached hydrogens (tertiary/aromatic N) is 5. The lowest BCUT2D eigenvalue weighted by atomic mass is 10.1. The highest BCUT2D eigenvalue weighted by molar-refractivity contribution is 5.94. The molecule has 1 N–H and O–H groups in total. The third kappa shape index (κ3) is 3.96. The molecule has 25 heavy (non-hydrogen) atoms. The minimum Gasteiger partial charge on any atom is -0.383 e. The van der Waals surface area contributed by atoms with Crippen molar-refractivity contribution in [1.29, 1.82) is 0 Å². The number of hydrogen-bond acceptors (Lipinski definition) is 6. The van der Waals surface area contributed by atoms with Crippen LogP contribution in [0.15, 0.2) is 18.3 Å². The molecular formula is C17H24N6O2. The number of aromatic nitrogens is 4. The Labute approximate surface area is 147 Å². The van der Waals surface area contributed by atoms with Crippen LogP contribution in [-0.4, -0.2) is 52.7 Å². The monoisotopic (exact) mass is 344 g/mol. The Hall–Kier alpha value is -2.48. The molecule has 0 aromatic carbocycles. The van der Waals surface area contributed by atoms with Crippen LogP contribution in [0.5, 0.6) is 0 Å². The summed E-state index contributed by atoms with van der Waals surface area (Å²) in [7, 11) is 1.68. The van der Waals surface area contributed by atoms with Crippen molar-refractivity contribution in [3.8, 4) is 0 Å². The lowest BCUT2D eigenvalue weighted by Gasteiger charge is -2.27. The lowest BCUT2D eigenvalue weighted by Crippen LogP contribution is -2.32. The molecular weight excluding hydrogens is 320 g/mol. The van der Waals surface area contributed by atoms with Crippen LogP contribution >= 0.6 is 0 Å². The predicted octanol–water partition coefficient (Wildman–Crippen LogP) is 1.02. The summed E-state index contributed by atoms with van der Waals surface area (Å²) >= 11 is 0. The van der Waals surface area contributed by atoms with Gasteiger partial charge in [0.05, 0.1) is 31.0 Å². The second-order valence-corrected chi connectivity index (χ2v) is 6.03. The quantitative estimate of drug-likeness (QED) is 0.807. The van der Waals surface area contributed by atoms with Gasteiger partial charge >= 0.3 is 0 Å². The number of hydrogen-bond donors (Lipinski definition) is 1. The van der Waals surface area contributed by atoms with E-state index >= 15 is 0 Å². The molecule has 3 rings (SSSR count). The zero-order valence-electron chi connectivity index (χ0n) is 14.7. The molecule has 2 aromatic rings. The molecule has 0 radical (unpaired) electrons. The number of rotatable bonds is 7. The number of amides is 1. The van der Waals surface area contributed by atoms with Gasteiger partial charge in [-0.2, -0.15) is 0 Å². The second kappa shape index (κ2) is 8.06. The summed E-state index contributed by atoms with van der Waals surface area (Å²) in [6.07, 6.45) is 3.41. The summed E-state index contributed by atoms with van der Waals surface area (Å²) in [5, 5.41) is 11.4. The Kier molecular flexibility index (Phi) is 5.60. The highest BCUT2D eigenvalue weighted by atomic mass is 16.5. The topological polar surface area (TPSA) is 85.2 Å². The van der Waals surface area contributed by atoms with Crippen LogP contribution in [0.1, 0.15) is 35.1 Å². The molecule has 1 amide bonds. The minimum absolute atomic E-state index is 0.0806. The predicted molar refractivity (Wildman–Crippen MR) is 93.5 cm³/mol. The number of nitrogens with one attached hydrogen (secondary N) is 1. The van der Waals surface area contributed by atoms with Gasteiger partial charge in [-0.25, -0.2) is 9.67 Å². The fraction of sp³-hybridized carbons (Fsp3) is 0.529. The van der Waals surface area contributed by atoms with E-state index < -0.39 is 0 Å². The van der Waals surface area contributed by atoms with Gasteiger partial charge in [-0.05, 0) is 18.6 Å². The Balaban J connectivity index is 1.66. The van der Waals surface area contributed by atoms with Crippen molar-refractivity contribution in [2.75, 3.05) is 31.7 Å². The highest BCUT2D eigenvalue weighted by Crippen LogP contribution is 2.21. The van der Waals surface area contributed by atoms with Gasteiger partial charge in [-0.1, -0.05) is 12.1 Å². The van der Waals surface area contributed by atoms with E-state index in [1.54, 1.807) is 13.3 Å². The van der Waals surface area contributed by atoms with Gasteiger partial charge in [0.25, 0.3) is 5.91 Å². The maximum absolute atomic E-state index is 11.9. The van der Waals surface area contributed by atoms with E-state index in [4.69, 9.17) is 4.74 Å². The summed E-state index contributed by atoms with van der Waals surface area (Å²) < 4.78 is 7.03. The van der Waals surface area contributed by atoms with E-state index in [0.717, 1.165) is 37.4 Å². The second-order valence-electron chi connectivity index (χ2n) is 6.03. The van der Waals surface area contributed by atoms with E-state index in [0.29, 0.717) is 25.3 Å². The summed E-state index contributed by atoms with van der Waals surface area (Å²) in [5.74, 6) is 0.770. The fourth-order valence-electron chi connectivity index (χ4n) is 2.87. The van der Waals surface area contributed by atoms with Crippen LogP contribution in [0.25, 0.3) is 0 Å². The SMILES string of the molecule is CCCNC(=O)c1ccc(N2CCc3c(nnn3CCOC)C2)nc1. The molecule has 0 saturated heterocycles. The van der Waals surface area contributed by atoms with Gasteiger partial charge in [-0.3, -0.25) is 4.79 Å². The first-order valence-corrected chi connectivity index (χ1v) is 8.62. The maximum Gasteiger partial charge on any atom is 0.252 e. The molecule has 134 valence electrons. The fourth-order valence-corrected chi connectivity index (χ4v) is 2.87. The van der Waals surface area contributed by atoms with Gasteiger partial charge in [0, 0.05) is 32.8 Å². The van der Waals surface area contributed by atoms with Crippen LogP contribution in [0, 0.1) is 0 Å². The summed E-state index contributed by atoms with van der Waals surface area (Å²) in [5.41, 5.74) is 2.73. The standard InChI is InChI=1S/C17H24N6O2/c1-3-7-18-17(24)13-4-5-16(19-11-13)22-8-6-15-14(12-22)20-21-23(15)9-10-25-2/h4-5,11H,3,6-10,12H2,1-2H3,(H,18,24). The number of methoxy groups -OCH3 is 1. The molecule has 8 nitrogen and oxygen atoms in total. The van der Waals surface area contributed by atoms with Gasteiger partial charge in [0.1, 0.15) is 11.5 Å². The number of pyridine rings is 1. The highest BCUT2D eigenvalue weighted by Gasteiger charge is 2.23. The van der Waals surface area contributed by atoms with Crippen molar-refractivity contribution in [2.45, 2.75) is 32.9 Å². The molecule has 0 aliphatic carbocycles.